The van der Waals surface area contributed by atoms with E-state index in [-0.39, 0.29) is 5.57 Å². The zero-order valence-corrected chi connectivity index (χ0v) is 9.76. The summed E-state index contributed by atoms with van der Waals surface area (Å²) in [5.41, 5.74) is 0.209. The van der Waals surface area contributed by atoms with Crippen LogP contribution in [-0.4, -0.2) is 29.7 Å². The molecule has 0 N–H and O–H groups in total. The Kier molecular flexibility index (Phi) is 3.48. The van der Waals surface area contributed by atoms with E-state index in [2.05, 4.69) is 9.89 Å². The minimum Gasteiger partial charge on any atom is -0.351 e. The molecule has 0 spiro atoms. The van der Waals surface area contributed by atoms with Gasteiger partial charge in [0.1, 0.15) is 17.7 Å². The molecule has 0 atom stereocenters. The highest BCUT2D eigenvalue weighted by Crippen LogP contribution is 2.30. The number of nitrogens with zero attached hydrogens (tertiary/aromatic N) is 4. The third kappa shape index (κ3) is 2.20. The van der Waals surface area contributed by atoms with Gasteiger partial charge in [0, 0.05) is 18.0 Å². The van der Waals surface area contributed by atoms with Crippen molar-refractivity contribution in [3.8, 4) is 12.1 Å². The number of nitriles is 2. The fourth-order valence-corrected chi connectivity index (χ4v) is 2.83. The molecule has 2 rings (SSSR count). The second kappa shape index (κ2) is 5.05. The molecule has 0 aromatic carbocycles. The first-order valence-corrected chi connectivity index (χ1v) is 6.17. The first-order chi connectivity index (χ1) is 7.85. The molecule has 1 saturated heterocycles. The monoisotopic (exact) mass is 232 g/mol. The average Bonchev–Trinajstić information content (AvgIpc) is 2.81. The Hall–Kier alpha value is -1.46. The number of amidine groups is 1. The number of rotatable bonds is 0. The Morgan fingerprint density at radius 3 is 2.50 bits per heavy atom. The Morgan fingerprint density at radius 2 is 1.88 bits per heavy atom. The molecule has 0 aliphatic carbocycles. The summed E-state index contributed by atoms with van der Waals surface area (Å²) in [7, 11) is 0. The summed E-state index contributed by atoms with van der Waals surface area (Å²) in [6, 6.07) is 3.85. The van der Waals surface area contributed by atoms with E-state index < -0.39 is 0 Å². The van der Waals surface area contributed by atoms with Crippen LogP contribution in [0.4, 0.5) is 0 Å². The highest BCUT2D eigenvalue weighted by molar-refractivity contribution is 8.17. The molecule has 0 aromatic heterocycles. The second-order valence-electron chi connectivity index (χ2n) is 3.77. The van der Waals surface area contributed by atoms with E-state index in [9.17, 15) is 0 Å². The van der Waals surface area contributed by atoms with Gasteiger partial charge in [-0.25, -0.2) is 0 Å². The molecule has 4 nitrogen and oxygen atoms in total. The molecular weight excluding hydrogens is 220 g/mol. The van der Waals surface area contributed by atoms with Crippen LogP contribution in [-0.2, 0) is 0 Å². The van der Waals surface area contributed by atoms with E-state index in [0.717, 1.165) is 23.2 Å². The predicted octanol–water partition coefficient (Wildman–Crippen LogP) is 1.88. The van der Waals surface area contributed by atoms with E-state index in [1.54, 1.807) is 0 Å². The normalized spacial score (nSPS) is 20.0. The molecule has 1 fully saturated rings. The van der Waals surface area contributed by atoms with Gasteiger partial charge in [-0.2, -0.15) is 10.5 Å². The zero-order chi connectivity index (χ0) is 11.4. The van der Waals surface area contributed by atoms with Gasteiger partial charge in [0.15, 0.2) is 5.17 Å². The number of aliphatic imine (C=N–C) groups is 1. The van der Waals surface area contributed by atoms with Crippen molar-refractivity contribution in [2.45, 2.75) is 19.3 Å². The lowest BCUT2D eigenvalue weighted by molar-refractivity contribution is 0.348. The van der Waals surface area contributed by atoms with Crippen LogP contribution >= 0.6 is 11.8 Å². The van der Waals surface area contributed by atoms with E-state index in [4.69, 9.17) is 10.5 Å². The van der Waals surface area contributed by atoms with E-state index in [1.807, 2.05) is 12.1 Å². The minimum atomic E-state index is 0.209. The summed E-state index contributed by atoms with van der Waals surface area (Å²) in [5, 5.41) is 18.5. The number of allylic oxidation sites excluding steroid dienone is 1. The molecule has 0 saturated carbocycles. The minimum absolute atomic E-state index is 0.209. The Morgan fingerprint density at radius 1 is 1.19 bits per heavy atom. The van der Waals surface area contributed by atoms with Gasteiger partial charge < -0.3 is 4.90 Å². The Labute approximate surface area is 99.3 Å². The van der Waals surface area contributed by atoms with Crippen LogP contribution in [0.5, 0.6) is 0 Å². The van der Waals surface area contributed by atoms with E-state index in [0.29, 0.717) is 6.54 Å². The standard InChI is InChI=1S/C11H12N4S/c12-6-9(7-13)10-8-14-11(16-10)15-4-2-1-3-5-15/h1-5,8H2. The number of thioether (sulfide) groups is 1. The first-order valence-electron chi connectivity index (χ1n) is 5.35. The first kappa shape index (κ1) is 11.0. The third-order valence-electron chi connectivity index (χ3n) is 2.70. The molecule has 5 heteroatoms. The van der Waals surface area contributed by atoms with Gasteiger partial charge in [0.2, 0.25) is 0 Å². The SMILES string of the molecule is N#CC(C#N)=C1CN=C(N2CCCCC2)S1. The number of piperidine rings is 1. The highest BCUT2D eigenvalue weighted by Gasteiger charge is 2.23. The van der Waals surface area contributed by atoms with Crippen molar-refractivity contribution in [3.63, 3.8) is 0 Å². The number of hydrogen-bond acceptors (Lipinski definition) is 5. The molecule has 2 heterocycles. The van der Waals surface area contributed by atoms with Gasteiger partial charge in [0.05, 0.1) is 6.54 Å². The smallest absolute Gasteiger partial charge is 0.164 e. The van der Waals surface area contributed by atoms with E-state index in [1.165, 1.54) is 31.0 Å². The molecule has 0 aromatic rings. The van der Waals surface area contributed by atoms with Crippen LogP contribution in [0.25, 0.3) is 0 Å². The molecule has 0 unspecified atom stereocenters. The largest absolute Gasteiger partial charge is 0.351 e. The lowest BCUT2D eigenvalue weighted by atomic mass is 10.1. The van der Waals surface area contributed by atoms with Crippen LogP contribution in [0, 0.1) is 22.7 Å². The molecule has 82 valence electrons. The summed E-state index contributed by atoms with van der Waals surface area (Å²) in [6.07, 6.45) is 3.71. The maximum Gasteiger partial charge on any atom is 0.164 e. The van der Waals surface area contributed by atoms with Gasteiger partial charge in [-0.3, -0.25) is 4.99 Å². The fourth-order valence-electron chi connectivity index (χ4n) is 1.84. The second-order valence-corrected chi connectivity index (χ2v) is 4.83. The quantitative estimate of drug-likeness (QED) is 0.598. The van der Waals surface area contributed by atoms with Crippen LogP contribution in [0.15, 0.2) is 15.5 Å². The summed E-state index contributed by atoms with van der Waals surface area (Å²) in [6.45, 7) is 2.59. The molecule has 0 bridgehead atoms. The van der Waals surface area contributed by atoms with Crippen LogP contribution in [0.1, 0.15) is 19.3 Å². The Bertz CT molecular complexity index is 402. The average molecular weight is 232 g/mol. The van der Waals surface area contributed by atoms with Gasteiger partial charge in [-0.1, -0.05) is 11.8 Å². The van der Waals surface area contributed by atoms with E-state index >= 15 is 0 Å². The summed E-state index contributed by atoms with van der Waals surface area (Å²) in [4.78, 5) is 7.46. The predicted molar refractivity (Wildman–Crippen MR) is 63.6 cm³/mol. The van der Waals surface area contributed by atoms with Crippen LogP contribution in [0.3, 0.4) is 0 Å². The van der Waals surface area contributed by atoms with Gasteiger partial charge in [-0.05, 0) is 19.3 Å². The van der Waals surface area contributed by atoms with Crippen molar-refractivity contribution >= 4 is 16.9 Å². The van der Waals surface area contributed by atoms with Crippen LogP contribution < -0.4 is 0 Å². The van der Waals surface area contributed by atoms with Crippen molar-refractivity contribution in [1.29, 1.82) is 10.5 Å². The summed E-state index contributed by atoms with van der Waals surface area (Å²) in [5.74, 6) is 0. The van der Waals surface area contributed by atoms with Gasteiger partial charge in [-0.15, -0.1) is 0 Å². The highest BCUT2D eigenvalue weighted by atomic mass is 32.2. The van der Waals surface area contributed by atoms with Crippen molar-refractivity contribution in [3.05, 3.63) is 10.5 Å². The zero-order valence-electron chi connectivity index (χ0n) is 8.94. The van der Waals surface area contributed by atoms with Crippen molar-refractivity contribution < 1.29 is 0 Å². The fraction of sp³-hybridized carbons (Fsp3) is 0.545. The van der Waals surface area contributed by atoms with Gasteiger partial charge in [0.25, 0.3) is 0 Å². The Balaban J connectivity index is 2.05. The molecule has 16 heavy (non-hydrogen) atoms. The molecule has 2 aliphatic rings. The van der Waals surface area contributed by atoms with Crippen molar-refractivity contribution in [2.24, 2.45) is 4.99 Å². The lowest BCUT2D eigenvalue weighted by Gasteiger charge is -2.27. The molecule has 0 radical (unpaired) electrons. The maximum atomic E-state index is 8.77. The maximum absolute atomic E-state index is 8.77. The van der Waals surface area contributed by atoms with Gasteiger partial charge >= 0.3 is 0 Å². The third-order valence-corrected chi connectivity index (χ3v) is 3.85. The van der Waals surface area contributed by atoms with Crippen molar-refractivity contribution in [1.82, 2.24) is 4.90 Å². The summed E-state index contributed by atoms with van der Waals surface area (Å²) >= 11 is 1.48. The van der Waals surface area contributed by atoms with Crippen LogP contribution in [0.2, 0.25) is 0 Å². The summed E-state index contributed by atoms with van der Waals surface area (Å²) < 4.78 is 0. The molecular formula is C11H12N4S. The molecule has 0 amide bonds. The molecule has 2 aliphatic heterocycles. The van der Waals surface area contributed by atoms with Crippen molar-refractivity contribution in [2.75, 3.05) is 19.6 Å². The number of likely N-dealkylation sites (tertiary alicyclic amines) is 1. The number of hydrogen-bond donors (Lipinski definition) is 0. The topological polar surface area (TPSA) is 63.2 Å². The lowest BCUT2D eigenvalue weighted by Crippen LogP contribution is -2.33.